The van der Waals surface area contributed by atoms with E-state index in [0.717, 1.165) is 25.7 Å². The summed E-state index contributed by atoms with van der Waals surface area (Å²) in [5.74, 6) is 1.66. The van der Waals surface area contributed by atoms with Gasteiger partial charge in [0, 0.05) is 5.75 Å². The first-order valence-corrected chi connectivity index (χ1v) is 11.5. The van der Waals surface area contributed by atoms with E-state index in [1.165, 1.54) is 34.2 Å². The molecule has 0 atom stereocenters. The van der Waals surface area contributed by atoms with Gasteiger partial charge in [0.2, 0.25) is 0 Å². The van der Waals surface area contributed by atoms with E-state index < -0.39 is 0 Å². The third kappa shape index (κ3) is 7.19. The number of hydrogen-bond acceptors (Lipinski definition) is 8. The predicted octanol–water partition coefficient (Wildman–Crippen LogP) is 4.39. The average molecular weight is 445 g/mol. The fourth-order valence-corrected chi connectivity index (χ4v) is 4.94. The van der Waals surface area contributed by atoms with Crippen molar-refractivity contribution in [2.75, 3.05) is 12.9 Å². The summed E-state index contributed by atoms with van der Waals surface area (Å²) in [4.78, 5) is 11.9. The molecule has 1 aromatic heterocycles. The molecule has 0 saturated carbocycles. The molecule has 1 heterocycles. The van der Waals surface area contributed by atoms with E-state index in [1.807, 2.05) is 24.3 Å². The average Bonchev–Trinajstić information content (AvgIpc) is 3.20. The van der Waals surface area contributed by atoms with Gasteiger partial charge >= 0.3 is 0 Å². The van der Waals surface area contributed by atoms with Crippen molar-refractivity contribution in [2.45, 2.75) is 21.4 Å². The highest BCUT2D eigenvalue weighted by Gasteiger charge is 2.08. The number of thioether (sulfide) groups is 2. The lowest BCUT2D eigenvalue weighted by Gasteiger charge is -2.00. The summed E-state index contributed by atoms with van der Waals surface area (Å²) in [6, 6.07) is 15.8. The lowest BCUT2D eigenvalue weighted by molar-refractivity contribution is -0.118. The molecule has 0 aliphatic carbocycles. The number of carbonyl (C=O) groups is 1. The minimum absolute atomic E-state index is 0.191. The highest BCUT2D eigenvalue weighted by molar-refractivity contribution is 8.03. The topological polar surface area (TPSA) is 76.5 Å². The van der Waals surface area contributed by atoms with E-state index in [-0.39, 0.29) is 11.7 Å². The van der Waals surface area contributed by atoms with E-state index in [0.29, 0.717) is 0 Å². The lowest BCUT2D eigenvalue weighted by Crippen LogP contribution is -2.19. The van der Waals surface area contributed by atoms with Crippen LogP contribution in [-0.2, 0) is 10.5 Å². The molecule has 3 rings (SSSR count). The van der Waals surface area contributed by atoms with E-state index in [2.05, 4.69) is 51.9 Å². The molecule has 0 unspecified atom stereocenters. The Bertz CT molecular complexity index is 957. The van der Waals surface area contributed by atoms with Crippen molar-refractivity contribution in [1.82, 2.24) is 15.6 Å². The van der Waals surface area contributed by atoms with Crippen molar-refractivity contribution in [2.24, 2.45) is 5.10 Å². The first kappa shape index (κ1) is 21.4. The first-order chi connectivity index (χ1) is 14.1. The molecule has 29 heavy (non-hydrogen) atoms. The Kier molecular flexibility index (Phi) is 8.09. The van der Waals surface area contributed by atoms with Crippen LogP contribution in [0.2, 0.25) is 0 Å². The van der Waals surface area contributed by atoms with Crippen molar-refractivity contribution in [3.8, 4) is 5.75 Å². The monoisotopic (exact) mass is 444 g/mol. The molecule has 6 nitrogen and oxygen atoms in total. The maximum Gasteiger partial charge on any atom is 0.250 e. The van der Waals surface area contributed by atoms with Gasteiger partial charge in [-0.05, 0) is 42.3 Å². The molecule has 0 bridgehead atoms. The van der Waals surface area contributed by atoms with Crippen LogP contribution in [0.3, 0.4) is 0 Å². The van der Waals surface area contributed by atoms with Gasteiger partial charge in [0.25, 0.3) is 5.91 Å². The quantitative estimate of drug-likeness (QED) is 0.300. The molecule has 3 aromatic rings. The second-order valence-corrected chi connectivity index (χ2v) is 9.39. The van der Waals surface area contributed by atoms with E-state index in [4.69, 9.17) is 4.74 Å². The van der Waals surface area contributed by atoms with Gasteiger partial charge in [-0.2, -0.15) is 5.10 Å². The molecule has 0 aliphatic rings. The van der Waals surface area contributed by atoms with Gasteiger partial charge in [0.05, 0.1) is 19.1 Å². The van der Waals surface area contributed by atoms with Gasteiger partial charge in [0.15, 0.2) is 8.68 Å². The predicted molar refractivity (Wildman–Crippen MR) is 120 cm³/mol. The minimum Gasteiger partial charge on any atom is -0.497 e. The number of methoxy groups -OCH3 is 1. The molecule has 0 spiro atoms. The molecule has 9 heteroatoms. The zero-order valence-corrected chi connectivity index (χ0v) is 18.4. The van der Waals surface area contributed by atoms with E-state index >= 15 is 0 Å². The highest BCUT2D eigenvalue weighted by Crippen LogP contribution is 2.30. The smallest absolute Gasteiger partial charge is 0.250 e. The Morgan fingerprint density at radius 3 is 2.48 bits per heavy atom. The molecule has 0 radical (unpaired) electrons. The number of benzene rings is 2. The third-order valence-corrected chi connectivity index (χ3v) is 6.98. The van der Waals surface area contributed by atoms with Crippen LogP contribution in [0.5, 0.6) is 5.75 Å². The summed E-state index contributed by atoms with van der Waals surface area (Å²) in [7, 11) is 1.62. The number of rotatable bonds is 9. The number of ether oxygens (including phenoxy) is 1. The summed E-state index contributed by atoms with van der Waals surface area (Å²) in [5.41, 5.74) is 5.89. The van der Waals surface area contributed by atoms with Crippen LogP contribution < -0.4 is 10.2 Å². The third-order valence-electron chi connectivity index (χ3n) is 3.72. The maximum absolute atomic E-state index is 11.9. The molecule has 0 aliphatic heterocycles. The number of hydrogen-bond donors (Lipinski definition) is 1. The highest BCUT2D eigenvalue weighted by atomic mass is 32.2. The van der Waals surface area contributed by atoms with Gasteiger partial charge < -0.3 is 4.74 Å². The fourth-order valence-electron chi connectivity index (χ4n) is 2.17. The Morgan fingerprint density at radius 1 is 1.10 bits per heavy atom. The van der Waals surface area contributed by atoms with Crippen molar-refractivity contribution >= 4 is 47.0 Å². The summed E-state index contributed by atoms with van der Waals surface area (Å²) >= 11 is 4.50. The summed E-state index contributed by atoms with van der Waals surface area (Å²) < 4.78 is 6.76. The zero-order valence-electron chi connectivity index (χ0n) is 16.0. The summed E-state index contributed by atoms with van der Waals surface area (Å²) in [6.07, 6.45) is 1.59. The number of hydrazone groups is 1. The van der Waals surface area contributed by atoms with Crippen molar-refractivity contribution in [1.29, 1.82) is 0 Å². The Morgan fingerprint density at radius 2 is 1.79 bits per heavy atom. The summed E-state index contributed by atoms with van der Waals surface area (Å²) in [5, 5.41) is 12.3. The van der Waals surface area contributed by atoms with Crippen LogP contribution in [0.1, 0.15) is 16.7 Å². The van der Waals surface area contributed by atoms with Crippen LogP contribution in [0.15, 0.2) is 62.3 Å². The Labute approximate surface area is 182 Å². The minimum atomic E-state index is -0.191. The standard InChI is InChI=1S/C20H20N4O2S3/c1-14-3-5-16(6-4-14)12-27-19-23-24-20(29-19)28-13-18(25)22-21-11-15-7-9-17(26-2)10-8-15/h3-11H,12-13H2,1-2H3,(H,22,25)/b21-11-. The second-order valence-electron chi connectivity index (χ2n) is 5.96. The van der Waals surface area contributed by atoms with Crippen LogP contribution in [0.25, 0.3) is 0 Å². The van der Waals surface area contributed by atoms with Gasteiger partial charge in [-0.3, -0.25) is 4.79 Å². The second kappa shape index (κ2) is 11.0. The Balaban J connectivity index is 1.39. The van der Waals surface area contributed by atoms with Gasteiger partial charge in [-0.15, -0.1) is 10.2 Å². The van der Waals surface area contributed by atoms with E-state index in [1.54, 1.807) is 25.1 Å². The number of nitrogens with zero attached hydrogens (tertiary/aromatic N) is 3. The van der Waals surface area contributed by atoms with Crippen LogP contribution >= 0.6 is 34.9 Å². The van der Waals surface area contributed by atoms with Crippen LogP contribution in [0, 0.1) is 6.92 Å². The van der Waals surface area contributed by atoms with Crippen molar-refractivity contribution in [3.63, 3.8) is 0 Å². The molecule has 2 aromatic carbocycles. The van der Waals surface area contributed by atoms with Crippen LogP contribution in [-0.4, -0.2) is 35.2 Å². The molecule has 1 N–H and O–H groups in total. The number of nitrogens with one attached hydrogen (secondary N) is 1. The fraction of sp³-hybridized carbons (Fsp3) is 0.200. The normalized spacial score (nSPS) is 11.0. The first-order valence-electron chi connectivity index (χ1n) is 8.73. The summed E-state index contributed by atoms with van der Waals surface area (Å²) in [6.45, 7) is 2.08. The lowest BCUT2D eigenvalue weighted by atomic mass is 10.2. The molecule has 1 amide bonds. The molecular formula is C20H20N4O2S3. The van der Waals surface area contributed by atoms with Crippen molar-refractivity contribution in [3.05, 3.63) is 65.2 Å². The van der Waals surface area contributed by atoms with Gasteiger partial charge in [0.1, 0.15) is 5.75 Å². The van der Waals surface area contributed by atoms with Crippen molar-refractivity contribution < 1.29 is 9.53 Å². The molecule has 0 saturated heterocycles. The van der Waals surface area contributed by atoms with Crippen LogP contribution in [0.4, 0.5) is 0 Å². The number of amides is 1. The SMILES string of the molecule is COc1ccc(/C=N\NC(=O)CSc2nnc(SCc3ccc(C)cc3)s2)cc1. The largest absolute Gasteiger partial charge is 0.497 e. The Hall–Kier alpha value is -2.36. The maximum atomic E-state index is 11.9. The molecule has 0 fully saturated rings. The number of aromatic nitrogens is 2. The van der Waals surface area contributed by atoms with Gasteiger partial charge in [-0.25, -0.2) is 5.43 Å². The van der Waals surface area contributed by atoms with E-state index in [9.17, 15) is 4.79 Å². The zero-order chi connectivity index (χ0) is 20.5. The number of carbonyl (C=O) groups excluding carboxylic acids is 1. The number of aryl methyl sites for hydroxylation is 1. The van der Waals surface area contributed by atoms with Gasteiger partial charge in [-0.1, -0.05) is 64.7 Å². The molecule has 150 valence electrons. The molecular weight excluding hydrogens is 424 g/mol.